The molecule has 0 aliphatic heterocycles. The highest BCUT2D eigenvalue weighted by atomic mass is 16.5. The van der Waals surface area contributed by atoms with Crippen LogP contribution < -0.4 is 4.74 Å². The summed E-state index contributed by atoms with van der Waals surface area (Å²) in [6.45, 7) is 4.56. The normalized spacial score (nSPS) is 12.3. The molecule has 0 aromatic heterocycles. The SMILES string of the molecule is CCCCCCCCC(CCCCCCC)Oc1ccccc1. The average Bonchev–Trinajstić information content (AvgIpc) is 2.58. The molecule has 0 aliphatic carbocycles. The highest BCUT2D eigenvalue weighted by Crippen LogP contribution is 2.20. The van der Waals surface area contributed by atoms with E-state index in [4.69, 9.17) is 4.74 Å². The maximum atomic E-state index is 6.25. The average molecular weight is 319 g/mol. The number of ether oxygens (including phenoxy) is 1. The van der Waals surface area contributed by atoms with Gasteiger partial charge in [0.1, 0.15) is 5.75 Å². The van der Waals surface area contributed by atoms with Gasteiger partial charge in [0.25, 0.3) is 0 Å². The zero-order chi connectivity index (χ0) is 16.6. The number of para-hydroxylation sites is 1. The quantitative estimate of drug-likeness (QED) is 0.303. The second-order valence-corrected chi connectivity index (χ2v) is 6.81. The van der Waals surface area contributed by atoms with Gasteiger partial charge in [0, 0.05) is 0 Å². The Kier molecular flexibility index (Phi) is 12.7. The van der Waals surface area contributed by atoms with Gasteiger partial charge in [-0.15, -0.1) is 0 Å². The van der Waals surface area contributed by atoms with Gasteiger partial charge in [0.05, 0.1) is 6.10 Å². The molecule has 1 rings (SSSR count). The Morgan fingerprint density at radius 1 is 0.652 bits per heavy atom. The monoisotopic (exact) mass is 318 g/mol. The molecule has 1 atom stereocenters. The molecule has 0 saturated carbocycles. The maximum absolute atomic E-state index is 6.25. The molecular weight excluding hydrogens is 280 g/mol. The number of rotatable bonds is 15. The second-order valence-electron chi connectivity index (χ2n) is 6.81. The van der Waals surface area contributed by atoms with E-state index in [0.717, 1.165) is 5.75 Å². The van der Waals surface area contributed by atoms with Crippen LogP contribution in [0.4, 0.5) is 0 Å². The first kappa shape index (κ1) is 20.1. The summed E-state index contributed by atoms with van der Waals surface area (Å²) in [6.07, 6.45) is 17.8. The van der Waals surface area contributed by atoms with Crippen LogP contribution in [-0.4, -0.2) is 6.10 Å². The first-order valence-corrected chi connectivity index (χ1v) is 10.1. The van der Waals surface area contributed by atoms with Gasteiger partial charge in [-0.1, -0.05) is 89.8 Å². The van der Waals surface area contributed by atoms with Crippen molar-refractivity contribution in [2.24, 2.45) is 0 Å². The van der Waals surface area contributed by atoms with Crippen LogP contribution in [0.2, 0.25) is 0 Å². The lowest BCUT2D eigenvalue weighted by Crippen LogP contribution is -2.16. The summed E-state index contributed by atoms with van der Waals surface area (Å²) in [7, 11) is 0. The number of benzene rings is 1. The van der Waals surface area contributed by atoms with E-state index in [1.165, 1.54) is 83.5 Å². The maximum Gasteiger partial charge on any atom is 0.119 e. The zero-order valence-electron chi connectivity index (χ0n) is 15.6. The smallest absolute Gasteiger partial charge is 0.119 e. The fraction of sp³-hybridized carbons (Fsp3) is 0.727. The topological polar surface area (TPSA) is 9.23 Å². The predicted octanol–water partition coefficient (Wildman–Crippen LogP) is 7.55. The molecule has 1 nitrogen and oxygen atoms in total. The zero-order valence-corrected chi connectivity index (χ0v) is 15.6. The van der Waals surface area contributed by atoms with Crippen molar-refractivity contribution in [1.82, 2.24) is 0 Å². The Morgan fingerprint density at radius 2 is 1.13 bits per heavy atom. The van der Waals surface area contributed by atoms with Crippen LogP contribution in [-0.2, 0) is 0 Å². The molecule has 0 amide bonds. The Bertz CT molecular complexity index is 346. The highest BCUT2D eigenvalue weighted by Gasteiger charge is 2.10. The molecule has 0 saturated heterocycles. The van der Waals surface area contributed by atoms with Crippen molar-refractivity contribution in [2.45, 2.75) is 103 Å². The lowest BCUT2D eigenvalue weighted by atomic mass is 10.0. The molecule has 1 aromatic rings. The molecule has 0 bridgehead atoms. The van der Waals surface area contributed by atoms with Gasteiger partial charge in [-0.2, -0.15) is 0 Å². The Balaban J connectivity index is 2.26. The van der Waals surface area contributed by atoms with Crippen LogP contribution in [0.5, 0.6) is 5.75 Å². The van der Waals surface area contributed by atoms with Crippen molar-refractivity contribution in [3.63, 3.8) is 0 Å². The van der Waals surface area contributed by atoms with Crippen molar-refractivity contribution in [3.8, 4) is 5.75 Å². The fourth-order valence-electron chi connectivity index (χ4n) is 3.08. The van der Waals surface area contributed by atoms with E-state index in [1.807, 2.05) is 0 Å². The van der Waals surface area contributed by atoms with E-state index >= 15 is 0 Å². The van der Waals surface area contributed by atoms with Crippen LogP contribution in [0.1, 0.15) is 97.3 Å². The summed E-state index contributed by atoms with van der Waals surface area (Å²) in [4.78, 5) is 0. The second kappa shape index (κ2) is 14.6. The largest absolute Gasteiger partial charge is 0.490 e. The Morgan fingerprint density at radius 3 is 1.65 bits per heavy atom. The number of hydrogen-bond acceptors (Lipinski definition) is 1. The van der Waals surface area contributed by atoms with Gasteiger partial charge in [-0.05, 0) is 37.8 Å². The van der Waals surface area contributed by atoms with Gasteiger partial charge in [-0.25, -0.2) is 0 Å². The van der Waals surface area contributed by atoms with Gasteiger partial charge >= 0.3 is 0 Å². The van der Waals surface area contributed by atoms with E-state index in [-0.39, 0.29) is 0 Å². The summed E-state index contributed by atoms with van der Waals surface area (Å²) in [5.74, 6) is 1.04. The van der Waals surface area contributed by atoms with Crippen LogP contribution in [0.3, 0.4) is 0 Å². The van der Waals surface area contributed by atoms with E-state index in [2.05, 4.69) is 44.2 Å². The lowest BCUT2D eigenvalue weighted by Gasteiger charge is -2.19. The standard InChI is InChI=1S/C22H38O/c1-3-5-7-9-11-14-18-21(17-13-10-8-6-4-2)23-22-19-15-12-16-20-22/h12,15-16,19-21H,3-11,13-14,17-18H2,1-2H3. The summed E-state index contributed by atoms with van der Waals surface area (Å²) in [5, 5.41) is 0. The van der Waals surface area contributed by atoms with Crippen LogP contribution in [0.15, 0.2) is 30.3 Å². The van der Waals surface area contributed by atoms with Gasteiger partial charge < -0.3 is 4.74 Å². The lowest BCUT2D eigenvalue weighted by molar-refractivity contribution is 0.172. The summed E-state index contributed by atoms with van der Waals surface area (Å²) >= 11 is 0. The molecule has 0 fully saturated rings. The summed E-state index contributed by atoms with van der Waals surface area (Å²) in [5.41, 5.74) is 0. The van der Waals surface area contributed by atoms with E-state index < -0.39 is 0 Å². The van der Waals surface area contributed by atoms with Crippen LogP contribution in [0.25, 0.3) is 0 Å². The van der Waals surface area contributed by atoms with E-state index in [0.29, 0.717) is 6.10 Å². The molecule has 0 radical (unpaired) electrons. The summed E-state index contributed by atoms with van der Waals surface area (Å²) in [6, 6.07) is 10.4. The first-order chi connectivity index (χ1) is 11.4. The van der Waals surface area contributed by atoms with Crippen LogP contribution in [0, 0.1) is 0 Å². The third kappa shape index (κ3) is 11.2. The molecular formula is C22H38O. The molecule has 23 heavy (non-hydrogen) atoms. The first-order valence-electron chi connectivity index (χ1n) is 10.1. The van der Waals surface area contributed by atoms with Crippen molar-refractivity contribution in [2.75, 3.05) is 0 Å². The number of hydrogen-bond donors (Lipinski definition) is 0. The molecule has 1 aromatic carbocycles. The molecule has 132 valence electrons. The molecule has 0 spiro atoms. The van der Waals surface area contributed by atoms with Gasteiger partial charge in [0.2, 0.25) is 0 Å². The van der Waals surface area contributed by atoms with E-state index in [9.17, 15) is 0 Å². The van der Waals surface area contributed by atoms with Gasteiger partial charge in [-0.3, -0.25) is 0 Å². The predicted molar refractivity (Wildman–Crippen MR) is 102 cm³/mol. The van der Waals surface area contributed by atoms with Gasteiger partial charge in [0.15, 0.2) is 0 Å². The molecule has 0 N–H and O–H groups in total. The molecule has 1 heteroatoms. The Labute approximate surface area is 144 Å². The van der Waals surface area contributed by atoms with Crippen molar-refractivity contribution < 1.29 is 4.74 Å². The summed E-state index contributed by atoms with van der Waals surface area (Å²) < 4.78 is 6.25. The minimum absolute atomic E-state index is 0.408. The van der Waals surface area contributed by atoms with E-state index in [1.54, 1.807) is 0 Å². The number of unbranched alkanes of at least 4 members (excludes halogenated alkanes) is 9. The Hall–Kier alpha value is -0.980. The third-order valence-electron chi connectivity index (χ3n) is 4.56. The highest BCUT2D eigenvalue weighted by molar-refractivity contribution is 5.21. The minimum Gasteiger partial charge on any atom is -0.490 e. The molecule has 0 aliphatic rings. The van der Waals surface area contributed by atoms with Crippen molar-refractivity contribution in [3.05, 3.63) is 30.3 Å². The molecule has 1 unspecified atom stereocenters. The molecule has 0 heterocycles. The minimum atomic E-state index is 0.408. The van der Waals surface area contributed by atoms with Crippen molar-refractivity contribution >= 4 is 0 Å². The van der Waals surface area contributed by atoms with Crippen molar-refractivity contribution in [1.29, 1.82) is 0 Å². The third-order valence-corrected chi connectivity index (χ3v) is 4.56. The fourth-order valence-corrected chi connectivity index (χ4v) is 3.08. The van der Waals surface area contributed by atoms with Crippen LogP contribution >= 0.6 is 0 Å².